The third-order valence-electron chi connectivity index (χ3n) is 3.22. The molecule has 0 unspecified atom stereocenters. The Morgan fingerprint density at radius 1 is 1.27 bits per heavy atom. The van der Waals surface area contributed by atoms with E-state index in [1.54, 1.807) is 0 Å². The molecular formula is C13H13N3O5S. The van der Waals surface area contributed by atoms with Gasteiger partial charge in [0.25, 0.3) is 5.56 Å². The Balaban J connectivity index is 2.57. The first kappa shape index (κ1) is 15.7. The molecule has 1 aromatic carbocycles. The average molecular weight is 323 g/mol. The summed E-state index contributed by atoms with van der Waals surface area (Å²) in [5.74, 6) is -0.963. The third kappa shape index (κ3) is 2.98. The maximum atomic E-state index is 12.0. The molecule has 0 saturated heterocycles. The number of nitro benzene ring substituents is 1. The van der Waals surface area contributed by atoms with E-state index in [-0.39, 0.29) is 22.5 Å². The van der Waals surface area contributed by atoms with Crippen LogP contribution in [0.5, 0.6) is 11.5 Å². The normalized spacial score (nSPS) is 10.6. The molecule has 1 heterocycles. The number of aromatic nitrogens is 2. The van der Waals surface area contributed by atoms with Crippen LogP contribution in [0.4, 0.5) is 5.69 Å². The molecule has 0 radical (unpaired) electrons. The van der Waals surface area contributed by atoms with Gasteiger partial charge in [0, 0.05) is 35.4 Å². The van der Waals surface area contributed by atoms with Gasteiger partial charge in [0.05, 0.1) is 4.92 Å². The van der Waals surface area contributed by atoms with Crippen LogP contribution in [0.15, 0.2) is 16.9 Å². The summed E-state index contributed by atoms with van der Waals surface area (Å²) >= 11 is 4.89. The molecule has 0 aliphatic rings. The first-order valence-electron chi connectivity index (χ1n) is 6.37. The maximum absolute atomic E-state index is 12.0. The first-order valence-corrected chi connectivity index (χ1v) is 6.77. The number of nitro groups is 1. The number of hydrogen-bond donors (Lipinski definition) is 4. The van der Waals surface area contributed by atoms with E-state index in [4.69, 9.17) is 12.2 Å². The molecule has 2 aromatic rings. The second-order valence-electron chi connectivity index (χ2n) is 4.62. The van der Waals surface area contributed by atoms with Crippen molar-refractivity contribution in [1.82, 2.24) is 9.97 Å². The lowest BCUT2D eigenvalue weighted by Crippen LogP contribution is -2.18. The van der Waals surface area contributed by atoms with Gasteiger partial charge in [-0.15, -0.1) is 0 Å². The molecular weight excluding hydrogens is 310 g/mol. The van der Waals surface area contributed by atoms with Gasteiger partial charge in [0.1, 0.15) is 5.75 Å². The van der Waals surface area contributed by atoms with Crippen LogP contribution in [0.1, 0.15) is 23.7 Å². The minimum absolute atomic E-state index is 0.0302. The number of nitrogens with zero attached hydrogens (tertiary/aromatic N) is 1. The number of phenols is 2. The molecule has 0 fully saturated rings. The van der Waals surface area contributed by atoms with Crippen LogP contribution >= 0.6 is 12.2 Å². The molecule has 9 heteroatoms. The van der Waals surface area contributed by atoms with Gasteiger partial charge in [-0.1, -0.05) is 6.92 Å². The number of hydrogen-bond acceptors (Lipinski definition) is 6. The van der Waals surface area contributed by atoms with Crippen molar-refractivity contribution in [3.05, 3.63) is 54.2 Å². The predicted octanol–water partition coefficient (Wildman–Crippen LogP) is 1.91. The van der Waals surface area contributed by atoms with Crippen LogP contribution in [-0.2, 0) is 12.8 Å². The predicted molar refractivity (Wildman–Crippen MR) is 80.9 cm³/mol. The van der Waals surface area contributed by atoms with E-state index in [1.165, 1.54) is 0 Å². The molecule has 0 saturated carbocycles. The van der Waals surface area contributed by atoms with Crippen LogP contribution < -0.4 is 5.56 Å². The van der Waals surface area contributed by atoms with Crippen LogP contribution in [0.3, 0.4) is 0 Å². The summed E-state index contributed by atoms with van der Waals surface area (Å²) in [6.45, 7) is 1.82. The topological polar surface area (TPSA) is 132 Å². The fourth-order valence-electron chi connectivity index (χ4n) is 2.14. The highest BCUT2D eigenvalue weighted by atomic mass is 32.1. The summed E-state index contributed by atoms with van der Waals surface area (Å²) in [5, 5.41) is 30.1. The third-order valence-corrected chi connectivity index (χ3v) is 3.43. The van der Waals surface area contributed by atoms with Crippen molar-refractivity contribution < 1.29 is 15.1 Å². The van der Waals surface area contributed by atoms with Gasteiger partial charge in [-0.25, -0.2) is 0 Å². The summed E-state index contributed by atoms with van der Waals surface area (Å²) in [7, 11) is 0. The van der Waals surface area contributed by atoms with Gasteiger partial charge in [0.2, 0.25) is 0 Å². The van der Waals surface area contributed by atoms with Crippen molar-refractivity contribution in [3.63, 3.8) is 0 Å². The standard InChI is InChI=1S/C13H13N3O5S/c1-2-8-7(12(19)15-13(22)14-8)3-6-4-9(16(20)21)11(18)5-10(6)17/h4-5,17-18H,2-3H2,1H3,(H2,14,15,19,22). The van der Waals surface area contributed by atoms with Crippen molar-refractivity contribution in [2.24, 2.45) is 0 Å². The lowest BCUT2D eigenvalue weighted by molar-refractivity contribution is -0.385. The largest absolute Gasteiger partial charge is 0.508 e. The Hall–Kier alpha value is -2.68. The van der Waals surface area contributed by atoms with E-state index < -0.39 is 21.9 Å². The van der Waals surface area contributed by atoms with Gasteiger partial charge < -0.3 is 15.2 Å². The molecule has 0 bridgehead atoms. The molecule has 0 aliphatic carbocycles. The summed E-state index contributed by atoms with van der Waals surface area (Å²) in [6.07, 6.45) is 0.474. The Bertz CT molecular complexity index is 856. The fourth-order valence-corrected chi connectivity index (χ4v) is 2.35. The zero-order valence-electron chi connectivity index (χ0n) is 11.5. The molecule has 2 rings (SSSR count). The number of benzene rings is 1. The highest BCUT2D eigenvalue weighted by Gasteiger charge is 2.19. The van der Waals surface area contributed by atoms with Crippen molar-refractivity contribution in [2.45, 2.75) is 19.8 Å². The molecule has 116 valence electrons. The van der Waals surface area contributed by atoms with Crippen LogP contribution in [0.25, 0.3) is 0 Å². The molecule has 0 atom stereocenters. The zero-order valence-corrected chi connectivity index (χ0v) is 12.4. The van der Waals surface area contributed by atoms with Crippen molar-refractivity contribution in [3.8, 4) is 11.5 Å². The molecule has 22 heavy (non-hydrogen) atoms. The minimum atomic E-state index is -0.762. The number of rotatable bonds is 4. The molecule has 0 amide bonds. The molecule has 4 N–H and O–H groups in total. The van der Waals surface area contributed by atoms with Gasteiger partial charge >= 0.3 is 5.69 Å². The van der Waals surface area contributed by atoms with E-state index in [0.717, 1.165) is 12.1 Å². The Kier molecular flexibility index (Phi) is 4.27. The highest BCUT2D eigenvalue weighted by Crippen LogP contribution is 2.33. The Morgan fingerprint density at radius 2 is 1.95 bits per heavy atom. The van der Waals surface area contributed by atoms with Crippen LogP contribution in [0, 0.1) is 14.9 Å². The molecule has 1 aromatic heterocycles. The fraction of sp³-hybridized carbons (Fsp3) is 0.231. The van der Waals surface area contributed by atoms with Gasteiger partial charge in [0.15, 0.2) is 10.5 Å². The number of phenolic OH excluding ortho intramolecular Hbond substituents is 2. The lowest BCUT2D eigenvalue weighted by Gasteiger charge is -2.09. The van der Waals surface area contributed by atoms with Crippen LogP contribution in [-0.4, -0.2) is 25.1 Å². The van der Waals surface area contributed by atoms with Crippen molar-refractivity contribution in [2.75, 3.05) is 0 Å². The van der Waals surface area contributed by atoms with E-state index in [2.05, 4.69) is 9.97 Å². The molecule has 0 spiro atoms. The van der Waals surface area contributed by atoms with E-state index in [9.17, 15) is 25.1 Å². The second-order valence-corrected chi connectivity index (χ2v) is 5.03. The maximum Gasteiger partial charge on any atom is 0.311 e. The summed E-state index contributed by atoms with van der Waals surface area (Å²) in [4.78, 5) is 27.4. The zero-order chi connectivity index (χ0) is 16.4. The Labute approximate surface area is 129 Å². The van der Waals surface area contributed by atoms with Crippen molar-refractivity contribution >= 4 is 17.9 Å². The van der Waals surface area contributed by atoms with E-state index in [0.29, 0.717) is 17.7 Å². The smallest absolute Gasteiger partial charge is 0.311 e. The number of H-pyrrole nitrogens is 2. The van der Waals surface area contributed by atoms with Gasteiger partial charge in [-0.2, -0.15) is 0 Å². The van der Waals surface area contributed by atoms with E-state index >= 15 is 0 Å². The number of aryl methyl sites for hydroxylation is 1. The van der Waals surface area contributed by atoms with Crippen LogP contribution in [0.2, 0.25) is 0 Å². The summed E-state index contributed by atoms with van der Waals surface area (Å²) in [5.41, 5.74) is 0.118. The first-order chi connectivity index (χ1) is 10.3. The quantitative estimate of drug-likeness (QED) is 0.386. The minimum Gasteiger partial charge on any atom is -0.508 e. The SMILES string of the molecule is CCc1[nH]c(=S)[nH]c(=O)c1Cc1cc([N+](=O)[O-])c(O)cc1O. The summed E-state index contributed by atoms with van der Waals surface area (Å²) in [6, 6.07) is 1.93. The van der Waals surface area contributed by atoms with E-state index in [1.807, 2.05) is 6.92 Å². The number of nitrogens with one attached hydrogen (secondary N) is 2. The molecule has 8 nitrogen and oxygen atoms in total. The Morgan fingerprint density at radius 3 is 2.55 bits per heavy atom. The second kappa shape index (κ2) is 5.98. The monoisotopic (exact) mass is 323 g/mol. The van der Waals surface area contributed by atoms with Gasteiger partial charge in [-0.3, -0.25) is 19.9 Å². The molecule has 0 aliphatic heterocycles. The lowest BCUT2D eigenvalue weighted by atomic mass is 10.0. The van der Waals surface area contributed by atoms with Crippen molar-refractivity contribution in [1.29, 1.82) is 0 Å². The average Bonchev–Trinajstić information content (AvgIpc) is 2.43. The summed E-state index contributed by atoms with van der Waals surface area (Å²) < 4.78 is 0.187. The number of aromatic amines is 2. The highest BCUT2D eigenvalue weighted by molar-refractivity contribution is 7.71. The van der Waals surface area contributed by atoms with Gasteiger partial charge in [-0.05, 0) is 18.6 Å². The number of aromatic hydroxyl groups is 2.